The van der Waals surface area contributed by atoms with Crippen LogP contribution in [0.2, 0.25) is 0 Å². The number of nitrogens with zero attached hydrogens (tertiary/aromatic N) is 3. The molecule has 0 saturated carbocycles. The monoisotopic (exact) mass is 409 g/mol. The highest BCUT2D eigenvalue weighted by molar-refractivity contribution is 7.14. The summed E-state index contributed by atoms with van der Waals surface area (Å²) >= 11 is 2.67. The predicted molar refractivity (Wildman–Crippen MR) is 102 cm³/mol. The van der Waals surface area contributed by atoms with Gasteiger partial charge >= 0.3 is 0 Å². The van der Waals surface area contributed by atoms with Crippen LogP contribution in [-0.4, -0.2) is 67.5 Å². The molecule has 0 aromatic carbocycles. The minimum atomic E-state index is -0.508. The number of amides is 3. The number of morpholine rings is 1. The van der Waals surface area contributed by atoms with Crippen LogP contribution in [0.3, 0.4) is 0 Å². The molecule has 0 atom stereocenters. The van der Waals surface area contributed by atoms with Gasteiger partial charge in [0.25, 0.3) is 17.7 Å². The summed E-state index contributed by atoms with van der Waals surface area (Å²) in [5.74, 6) is -1.26. The zero-order valence-corrected chi connectivity index (χ0v) is 16.3. The smallest absolute Gasteiger partial charge is 0.289 e. The van der Waals surface area contributed by atoms with Crippen molar-refractivity contribution in [3.8, 4) is 0 Å². The van der Waals surface area contributed by atoms with E-state index >= 15 is 0 Å². The second-order valence-electron chi connectivity index (χ2n) is 5.76. The van der Waals surface area contributed by atoms with Gasteiger partial charge < -0.3 is 14.5 Å². The first-order valence-corrected chi connectivity index (χ1v) is 9.97. The average Bonchev–Trinajstić information content (AvgIpc) is 3.38. The average molecular weight is 409 g/mol. The summed E-state index contributed by atoms with van der Waals surface area (Å²) in [5, 5.41) is 4.18. The summed E-state index contributed by atoms with van der Waals surface area (Å²) in [6, 6.07) is 3.46. The van der Waals surface area contributed by atoms with Crippen molar-refractivity contribution in [3.63, 3.8) is 0 Å². The van der Waals surface area contributed by atoms with E-state index in [0.29, 0.717) is 18.1 Å². The normalized spacial score (nSPS) is 13.9. The van der Waals surface area contributed by atoms with E-state index in [2.05, 4.69) is 20.7 Å². The van der Waals surface area contributed by atoms with Crippen LogP contribution in [-0.2, 0) is 9.53 Å². The van der Waals surface area contributed by atoms with E-state index in [-0.39, 0.29) is 18.1 Å². The number of rotatable bonds is 5. The lowest BCUT2D eigenvalue weighted by Crippen LogP contribution is -2.46. The number of thiophene rings is 1. The Kier molecular flexibility index (Phi) is 6.37. The molecule has 0 unspecified atom stereocenters. The van der Waals surface area contributed by atoms with Crippen molar-refractivity contribution in [2.75, 3.05) is 44.8 Å². The molecule has 3 amide bonds. The molecule has 2 aromatic rings. The molecule has 1 aliphatic heterocycles. The predicted octanol–water partition coefficient (Wildman–Crippen LogP) is 0.574. The maximum atomic E-state index is 12.1. The highest BCUT2D eigenvalue weighted by atomic mass is 32.1. The van der Waals surface area contributed by atoms with Crippen molar-refractivity contribution in [1.82, 2.24) is 20.7 Å². The summed E-state index contributed by atoms with van der Waals surface area (Å²) in [6.45, 7) is 2.56. The first-order chi connectivity index (χ1) is 13.0. The van der Waals surface area contributed by atoms with E-state index in [1.54, 1.807) is 22.9 Å². The second kappa shape index (κ2) is 8.93. The summed E-state index contributed by atoms with van der Waals surface area (Å²) in [6.07, 6.45) is 0. The number of carbonyl (C=O) groups excluding carboxylic acids is 3. The first-order valence-electron chi connectivity index (χ1n) is 8.21. The molecule has 27 heavy (non-hydrogen) atoms. The fourth-order valence-electron chi connectivity index (χ4n) is 2.37. The van der Waals surface area contributed by atoms with Crippen molar-refractivity contribution in [2.45, 2.75) is 0 Å². The first kappa shape index (κ1) is 19.3. The Morgan fingerprint density at radius 3 is 2.74 bits per heavy atom. The van der Waals surface area contributed by atoms with Gasteiger partial charge in [0.05, 0.1) is 18.1 Å². The molecular formula is C16H19N5O4S2. The number of nitrogens with one attached hydrogen (secondary N) is 2. The van der Waals surface area contributed by atoms with Gasteiger partial charge in [0.15, 0.2) is 5.13 Å². The van der Waals surface area contributed by atoms with E-state index in [1.807, 2.05) is 0 Å². The second-order valence-corrected chi connectivity index (χ2v) is 7.54. The van der Waals surface area contributed by atoms with Gasteiger partial charge in [-0.2, -0.15) is 0 Å². The molecule has 11 heteroatoms. The minimum Gasteiger partial charge on any atom is -0.378 e. The van der Waals surface area contributed by atoms with Gasteiger partial charge in [0.2, 0.25) is 0 Å². The van der Waals surface area contributed by atoms with Gasteiger partial charge in [-0.3, -0.25) is 25.2 Å². The minimum absolute atomic E-state index is 0.174. The lowest BCUT2D eigenvalue weighted by atomic mass is 10.4. The van der Waals surface area contributed by atoms with Crippen LogP contribution in [0.5, 0.6) is 0 Å². The lowest BCUT2D eigenvalue weighted by molar-refractivity contribution is -0.122. The molecule has 0 radical (unpaired) electrons. The molecule has 2 N–H and O–H groups in total. The van der Waals surface area contributed by atoms with E-state index < -0.39 is 11.8 Å². The van der Waals surface area contributed by atoms with Crippen molar-refractivity contribution in [2.24, 2.45) is 0 Å². The Hall–Kier alpha value is -2.50. The molecule has 0 spiro atoms. The molecule has 1 fully saturated rings. The number of likely N-dealkylation sites (N-methyl/N-ethyl adjacent to an activating group) is 1. The maximum Gasteiger partial charge on any atom is 0.289 e. The highest BCUT2D eigenvalue weighted by Gasteiger charge is 2.19. The molecule has 3 rings (SSSR count). The van der Waals surface area contributed by atoms with Crippen LogP contribution < -0.4 is 15.8 Å². The molecule has 0 bridgehead atoms. The molecule has 144 valence electrons. The largest absolute Gasteiger partial charge is 0.378 e. The zero-order chi connectivity index (χ0) is 19.2. The quantitative estimate of drug-likeness (QED) is 0.700. The number of aromatic nitrogens is 1. The Morgan fingerprint density at radius 2 is 2.04 bits per heavy atom. The maximum absolute atomic E-state index is 12.1. The fourth-order valence-corrected chi connectivity index (χ4v) is 3.95. The summed E-state index contributed by atoms with van der Waals surface area (Å²) in [7, 11) is 1.53. The van der Waals surface area contributed by atoms with Crippen LogP contribution >= 0.6 is 22.7 Å². The van der Waals surface area contributed by atoms with E-state index in [0.717, 1.165) is 18.2 Å². The number of hydrazine groups is 1. The lowest BCUT2D eigenvalue weighted by Gasteiger charge is -2.25. The van der Waals surface area contributed by atoms with Gasteiger partial charge in [-0.05, 0) is 11.4 Å². The standard InChI is InChI=1S/C16H19N5O4S2/c1-20(15(24)12-3-2-8-26-12)9-13(22)18-19-14(23)11-10-27-16(17-11)21-4-6-25-7-5-21/h2-3,8,10H,4-7,9H2,1H3,(H,18,22)(H,19,23). The van der Waals surface area contributed by atoms with Gasteiger partial charge in [-0.15, -0.1) is 22.7 Å². The van der Waals surface area contributed by atoms with Crippen molar-refractivity contribution in [1.29, 1.82) is 0 Å². The SMILES string of the molecule is CN(CC(=O)NNC(=O)c1csc(N2CCOCC2)n1)C(=O)c1cccs1. The van der Waals surface area contributed by atoms with Crippen molar-refractivity contribution < 1.29 is 19.1 Å². The van der Waals surface area contributed by atoms with Gasteiger partial charge in [-0.25, -0.2) is 4.98 Å². The van der Waals surface area contributed by atoms with Crippen LogP contribution in [0.1, 0.15) is 20.2 Å². The Labute approximate surface area is 163 Å². The number of anilines is 1. The Bertz CT molecular complexity index is 802. The molecule has 0 aliphatic carbocycles. The summed E-state index contributed by atoms with van der Waals surface area (Å²) in [5.41, 5.74) is 4.85. The number of thiazole rings is 1. The van der Waals surface area contributed by atoms with Crippen molar-refractivity contribution in [3.05, 3.63) is 33.5 Å². The topological polar surface area (TPSA) is 104 Å². The van der Waals surface area contributed by atoms with E-state index in [4.69, 9.17) is 4.74 Å². The Morgan fingerprint density at radius 1 is 1.26 bits per heavy atom. The molecular weight excluding hydrogens is 390 g/mol. The van der Waals surface area contributed by atoms with Crippen LogP contribution in [0, 0.1) is 0 Å². The van der Waals surface area contributed by atoms with Crippen LogP contribution in [0.25, 0.3) is 0 Å². The number of hydrogen-bond donors (Lipinski definition) is 2. The fraction of sp³-hybridized carbons (Fsp3) is 0.375. The third-order valence-corrected chi connectivity index (χ3v) is 5.54. The van der Waals surface area contributed by atoms with Crippen LogP contribution in [0.4, 0.5) is 5.13 Å². The van der Waals surface area contributed by atoms with Gasteiger partial charge in [0, 0.05) is 25.5 Å². The van der Waals surface area contributed by atoms with Gasteiger partial charge in [-0.1, -0.05) is 6.07 Å². The number of ether oxygens (including phenoxy) is 1. The summed E-state index contributed by atoms with van der Waals surface area (Å²) < 4.78 is 5.29. The van der Waals surface area contributed by atoms with Gasteiger partial charge in [0.1, 0.15) is 12.2 Å². The molecule has 1 aliphatic rings. The van der Waals surface area contributed by atoms with E-state index in [9.17, 15) is 14.4 Å². The molecule has 3 heterocycles. The van der Waals surface area contributed by atoms with Crippen LogP contribution in [0.15, 0.2) is 22.9 Å². The molecule has 1 saturated heterocycles. The van der Waals surface area contributed by atoms with E-state index in [1.165, 1.54) is 34.6 Å². The number of hydrogen-bond acceptors (Lipinski definition) is 8. The third kappa shape index (κ3) is 5.02. The zero-order valence-electron chi connectivity index (χ0n) is 14.6. The molecule has 9 nitrogen and oxygen atoms in total. The van der Waals surface area contributed by atoms with Crippen molar-refractivity contribution >= 4 is 45.5 Å². The third-order valence-electron chi connectivity index (χ3n) is 3.78. The Balaban J connectivity index is 1.46. The molecule has 2 aromatic heterocycles. The highest BCUT2D eigenvalue weighted by Crippen LogP contribution is 2.21. The number of carbonyl (C=O) groups is 3. The summed E-state index contributed by atoms with van der Waals surface area (Å²) in [4.78, 5) is 44.4.